The predicted molar refractivity (Wildman–Crippen MR) is 47.3 cm³/mol. The Bertz CT molecular complexity index is 326. The quantitative estimate of drug-likeness (QED) is 0.594. The van der Waals surface area contributed by atoms with Crippen LogP contribution in [-0.2, 0) is 11.2 Å². The second-order valence-electron chi connectivity index (χ2n) is 2.42. The van der Waals surface area contributed by atoms with Gasteiger partial charge in [0.25, 0.3) is 0 Å². The van der Waals surface area contributed by atoms with Gasteiger partial charge in [-0.1, -0.05) is 0 Å². The molecular formula is C7H10N4O2. The van der Waals surface area contributed by atoms with Crippen LogP contribution >= 0.6 is 0 Å². The lowest BCUT2D eigenvalue weighted by molar-refractivity contribution is -0.136. The molecule has 0 spiro atoms. The molecule has 0 unspecified atom stereocenters. The molecule has 0 fully saturated rings. The van der Waals surface area contributed by atoms with Crippen molar-refractivity contribution in [2.75, 3.05) is 18.1 Å². The third-order valence-electron chi connectivity index (χ3n) is 1.38. The maximum atomic E-state index is 10.4. The summed E-state index contributed by atoms with van der Waals surface area (Å²) in [6, 6.07) is 1.55. The summed E-state index contributed by atoms with van der Waals surface area (Å²) in [5, 5.41) is 11.3. The molecule has 0 saturated heterocycles. The van der Waals surface area contributed by atoms with Crippen LogP contribution in [0.25, 0.3) is 0 Å². The zero-order valence-electron chi connectivity index (χ0n) is 7.11. The van der Waals surface area contributed by atoms with Crippen molar-refractivity contribution in [3.63, 3.8) is 0 Å². The second kappa shape index (κ2) is 3.70. The first-order valence-electron chi connectivity index (χ1n) is 3.65. The van der Waals surface area contributed by atoms with Crippen LogP contribution in [0.2, 0.25) is 0 Å². The van der Waals surface area contributed by atoms with Crippen LogP contribution < -0.4 is 11.1 Å². The van der Waals surface area contributed by atoms with Crippen LogP contribution in [0, 0.1) is 0 Å². The average Bonchev–Trinajstić information content (AvgIpc) is 2.01. The number of rotatable bonds is 3. The fourth-order valence-corrected chi connectivity index (χ4v) is 0.891. The van der Waals surface area contributed by atoms with Crippen LogP contribution in [0.1, 0.15) is 5.69 Å². The minimum atomic E-state index is -0.944. The van der Waals surface area contributed by atoms with Gasteiger partial charge in [0.15, 0.2) is 0 Å². The van der Waals surface area contributed by atoms with Gasteiger partial charge < -0.3 is 16.2 Å². The minimum Gasteiger partial charge on any atom is -0.481 e. The standard InChI is InChI=1S/C7H10N4O2/c1-9-5-2-4(3-6(12)13)10-7(8)11-5/h2H,3H2,1H3,(H,12,13)(H3,8,9,10,11). The maximum Gasteiger partial charge on any atom is 0.309 e. The molecule has 1 aromatic rings. The summed E-state index contributed by atoms with van der Waals surface area (Å²) in [5.74, 6) is -0.355. The highest BCUT2D eigenvalue weighted by Crippen LogP contribution is 2.07. The van der Waals surface area contributed by atoms with E-state index in [4.69, 9.17) is 10.8 Å². The highest BCUT2D eigenvalue weighted by atomic mass is 16.4. The number of anilines is 2. The fourth-order valence-electron chi connectivity index (χ4n) is 0.891. The van der Waals surface area contributed by atoms with Gasteiger partial charge in [0.1, 0.15) is 5.82 Å². The lowest BCUT2D eigenvalue weighted by Crippen LogP contribution is -2.07. The van der Waals surface area contributed by atoms with E-state index in [1.54, 1.807) is 13.1 Å². The summed E-state index contributed by atoms with van der Waals surface area (Å²) < 4.78 is 0. The average molecular weight is 182 g/mol. The molecule has 0 bridgehead atoms. The molecule has 0 aliphatic rings. The molecule has 4 N–H and O–H groups in total. The largest absolute Gasteiger partial charge is 0.481 e. The lowest BCUT2D eigenvalue weighted by Gasteiger charge is -2.02. The first kappa shape index (κ1) is 9.24. The molecule has 6 nitrogen and oxygen atoms in total. The molecule has 1 rings (SSSR count). The predicted octanol–water partition coefficient (Wildman–Crippen LogP) is -0.272. The van der Waals surface area contributed by atoms with E-state index in [0.29, 0.717) is 11.5 Å². The number of nitrogens with one attached hydrogen (secondary N) is 1. The number of carboxylic acid groups (broad SMARTS) is 1. The van der Waals surface area contributed by atoms with Gasteiger partial charge in [-0.25, -0.2) is 4.98 Å². The number of carboxylic acids is 1. The van der Waals surface area contributed by atoms with E-state index in [0.717, 1.165) is 0 Å². The molecule has 1 heterocycles. The van der Waals surface area contributed by atoms with Crippen LogP contribution in [0.3, 0.4) is 0 Å². The first-order chi connectivity index (χ1) is 6.11. The number of aliphatic carboxylic acids is 1. The van der Waals surface area contributed by atoms with E-state index < -0.39 is 5.97 Å². The van der Waals surface area contributed by atoms with E-state index >= 15 is 0 Å². The minimum absolute atomic E-state index is 0.0723. The van der Waals surface area contributed by atoms with Gasteiger partial charge in [-0.15, -0.1) is 0 Å². The molecule has 0 amide bonds. The molecule has 0 aromatic carbocycles. The number of carbonyl (C=O) groups is 1. The number of nitrogens with zero attached hydrogens (tertiary/aromatic N) is 2. The topological polar surface area (TPSA) is 101 Å². The summed E-state index contributed by atoms with van der Waals surface area (Å²) >= 11 is 0. The van der Waals surface area contributed by atoms with E-state index in [9.17, 15) is 4.79 Å². The van der Waals surface area contributed by atoms with Gasteiger partial charge in [-0.3, -0.25) is 4.79 Å². The summed E-state index contributed by atoms with van der Waals surface area (Å²) in [5.41, 5.74) is 5.75. The smallest absolute Gasteiger partial charge is 0.309 e. The van der Waals surface area contributed by atoms with Crippen molar-refractivity contribution in [2.24, 2.45) is 0 Å². The van der Waals surface area contributed by atoms with Crippen LogP contribution in [-0.4, -0.2) is 28.1 Å². The number of hydrogen-bond donors (Lipinski definition) is 3. The molecule has 6 heteroatoms. The van der Waals surface area contributed by atoms with E-state index in [1.165, 1.54) is 0 Å². The molecule has 0 radical (unpaired) electrons. The Morgan fingerprint density at radius 3 is 2.92 bits per heavy atom. The highest BCUT2D eigenvalue weighted by molar-refractivity contribution is 5.70. The van der Waals surface area contributed by atoms with Crippen molar-refractivity contribution in [1.82, 2.24) is 9.97 Å². The third kappa shape index (κ3) is 2.58. The Morgan fingerprint density at radius 1 is 1.69 bits per heavy atom. The number of nitrogen functional groups attached to an aromatic ring is 1. The zero-order valence-corrected chi connectivity index (χ0v) is 7.11. The van der Waals surface area contributed by atoms with E-state index in [1.807, 2.05) is 0 Å². The van der Waals surface area contributed by atoms with Crippen LogP contribution in [0.5, 0.6) is 0 Å². The summed E-state index contributed by atoms with van der Waals surface area (Å²) in [4.78, 5) is 17.9. The lowest BCUT2D eigenvalue weighted by atomic mass is 10.3. The maximum absolute atomic E-state index is 10.4. The Morgan fingerprint density at radius 2 is 2.38 bits per heavy atom. The van der Waals surface area contributed by atoms with Gasteiger partial charge in [0, 0.05) is 13.1 Å². The van der Waals surface area contributed by atoms with Crippen molar-refractivity contribution in [1.29, 1.82) is 0 Å². The van der Waals surface area contributed by atoms with Gasteiger partial charge in [0.2, 0.25) is 5.95 Å². The third-order valence-corrected chi connectivity index (χ3v) is 1.38. The van der Waals surface area contributed by atoms with Gasteiger partial charge in [-0.05, 0) is 0 Å². The zero-order chi connectivity index (χ0) is 9.84. The molecule has 70 valence electrons. The van der Waals surface area contributed by atoms with Gasteiger partial charge in [0.05, 0.1) is 12.1 Å². The normalized spacial score (nSPS) is 9.62. The molecule has 0 saturated carbocycles. The van der Waals surface area contributed by atoms with Crippen LogP contribution in [0.15, 0.2) is 6.07 Å². The Hall–Kier alpha value is -1.85. The van der Waals surface area contributed by atoms with Crippen molar-refractivity contribution in [3.05, 3.63) is 11.8 Å². The number of nitrogens with two attached hydrogens (primary N) is 1. The van der Waals surface area contributed by atoms with Crippen molar-refractivity contribution >= 4 is 17.7 Å². The Kier molecular flexibility index (Phi) is 2.63. The molecule has 0 aliphatic carbocycles. The number of aromatic nitrogens is 2. The van der Waals surface area contributed by atoms with Gasteiger partial charge in [-0.2, -0.15) is 4.98 Å². The van der Waals surface area contributed by atoms with Crippen LogP contribution in [0.4, 0.5) is 11.8 Å². The summed E-state index contributed by atoms with van der Waals surface area (Å²) in [7, 11) is 1.67. The molecule has 0 atom stereocenters. The number of hydrogen-bond acceptors (Lipinski definition) is 5. The Labute approximate surface area is 74.8 Å². The molecule has 13 heavy (non-hydrogen) atoms. The van der Waals surface area contributed by atoms with Gasteiger partial charge >= 0.3 is 5.97 Å². The summed E-state index contributed by atoms with van der Waals surface area (Å²) in [6.45, 7) is 0. The molecule has 1 aromatic heterocycles. The Balaban J connectivity index is 2.94. The first-order valence-corrected chi connectivity index (χ1v) is 3.65. The van der Waals surface area contributed by atoms with Crippen molar-refractivity contribution in [3.8, 4) is 0 Å². The van der Waals surface area contributed by atoms with E-state index in [2.05, 4.69) is 15.3 Å². The van der Waals surface area contributed by atoms with Crippen molar-refractivity contribution in [2.45, 2.75) is 6.42 Å². The monoisotopic (exact) mass is 182 g/mol. The van der Waals surface area contributed by atoms with Crippen molar-refractivity contribution < 1.29 is 9.90 Å². The second-order valence-corrected chi connectivity index (χ2v) is 2.42. The molecule has 0 aliphatic heterocycles. The molecular weight excluding hydrogens is 172 g/mol. The highest BCUT2D eigenvalue weighted by Gasteiger charge is 2.04. The summed E-state index contributed by atoms with van der Waals surface area (Å²) in [6.07, 6.45) is -0.151. The fraction of sp³-hybridized carbons (Fsp3) is 0.286. The SMILES string of the molecule is CNc1cc(CC(=O)O)nc(N)n1. The van der Waals surface area contributed by atoms with E-state index in [-0.39, 0.29) is 12.4 Å².